The number of hydrogen-bond acceptors (Lipinski definition) is 3. The van der Waals surface area contributed by atoms with Crippen molar-refractivity contribution in [2.45, 2.75) is 72.4 Å². The summed E-state index contributed by atoms with van der Waals surface area (Å²) < 4.78 is 5.58. The lowest BCUT2D eigenvalue weighted by Gasteiger charge is -2.36. The van der Waals surface area contributed by atoms with Gasteiger partial charge in [0.25, 0.3) is 0 Å². The van der Waals surface area contributed by atoms with Gasteiger partial charge in [-0.15, -0.1) is 0 Å². The smallest absolute Gasteiger partial charge is 0.408 e. The van der Waals surface area contributed by atoms with Gasteiger partial charge in [0.2, 0.25) is 0 Å². The molecule has 5 nitrogen and oxygen atoms in total. The van der Waals surface area contributed by atoms with Gasteiger partial charge in [-0.1, -0.05) is 41.0 Å². The van der Waals surface area contributed by atoms with E-state index in [1.165, 1.54) is 0 Å². The van der Waals surface area contributed by atoms with Crippen molar-refractivity contribution in [3.8, 4) is 0 Å². The molecule has 4 atom stereocenters. The second-order valence-electron chi connectivity index (χ2n) is 7.43. The van der Waals surface area contributed by atoms with Crippen LogP contribution in [-0.2, 0) is 9.53 Å². The van der Waals surface area contributed by atoms with E-state index in [9.17, 15) is 14.7 Å². The molecular weight excluding hydrogens is 282 g/mol. The second kappa shape index (κ2) is 8.39. The van der Waals surface area contributed by atoms with Crippen LogP contribution in [0.15, 0.2) is 0 Å². The minimum Gasteiger partial charge on any atom is -0.480 e. The third kappa shape index (κ3) is 5.85. The summed E-state index contributed by atoms with van der Waals surface area (Å²) in [5.41, 5.74) is 0. The Kier molecular flexibility index (Phi) is 7.17. The van der Waals surface area contributed by atoms with E-state index in [4.69, 9.17) is 4.74 Å². The van der Waals surface area contributed by atoms with Gasteiger partial charge >= 0.3 is 12.1 Å². The fraction of sp³-hybridized carbons (Fsp3) is 0.882. The van der Waals surface area contributed by atoms with Crippen LogP contribution in [0.2, 0.25) is 0 Å². The largest absolute Gasteiger partial charge is 0.480 e. The van der Waals surface area contributed by atoms with Gasteiger partial charge in [0, 0.05) is 0 Å². The van der Waals surface area contributed by atoms with Gasteiger partial charge in [0.1, 0.15) is 12.1 Å². The van der Waals surface area contributed by atoms with Crippen LogP contribution in [0, 0.1) is 23.7 Å². The molecule has 0 heterocycles. The minimum atomic E-state index is -1.01. The monoisotopic (exact) mass is 313 g/mol. The van der Waals surface area contributed by atoms with Crippen molar-refractivity contribution in [3.05, 3.63) is 0 Å². The van der Waals surface area contributed by atoms with Crippen molar-refractivity contribution in [3.63, 3.8) is 0 Å². The highest BCUT2D eigenvalue weighted by molar-refractivity contribution is 5.79. The van der Waals surface area contributed by atoms with Gasteiger partial charge in [-0.2, -0.15) is 0 Å². The molecular formula is C17H31NO4. The maximum atomic E-state index is 12.1. The molecule has 0 aromatic rings. The zero-order chi connectivity index (χ0) is 16.9. The van der Waals surface area contributed by atoms with E-state index in [2.05, 4.69) is 26.1 Å². The van der Waals surface area contributed by atoms with Crippen LogP contribution in [0.4, 0.5) is 4.79 Å². The minimum absolute atomic E-state index is 0.114. The normalized spacial score (nSPS) is 26.8. The average molecular weight is 313 g/mol. The van der Waals surface area contributed by atoms with Gasteiger partial charge < -0.3 is 15.2 Å². The molecule has 128 valence electrons. The zero-order valence-electron chi connectivity index (χ0n) is 14.5. The average Bonchev–Trinajstić information content (AvgIpc) is 2.36. The van der Waals surface area contributed by atoms with E-state index in [1.54, 1.807) is 0 Å². The first-order chi connectivity index (χ1) is 10.2. The van der Waals surface area contributed by atoms with Gasteiger partial charge in [0.05, 0.1) is 0 Å². The molecule has 1 amide bonds. The van der Waals surface area contributed by atoms with Crippen LogP contribution >= 0.6 is 0 Å². The van der Waals surface area contributed by atoms with E-state index in [1.807, 2.05) is 13.8 Å². The van der Waals surface area contributed by atoms with Crippen LogP contribution < -0.4 is 5.32 Å². The zero-order valence-corrected chi connectivity index (χ0v) is 14.5. The Bertz CT molecular complexity index is 381. The summed E-state index contributed by atoms with van der Waals surface area (Å²) in [5, 5.41) is 11.7. The third-order valence-corrected chi connectivity index (χ3v) is 4.52. The van der Waals surface area contributed by atoms with E-state index in [0.29, 0.717) is 24.2 Å². The van der Waals surface area contributed by atoms with Crippen molar-refractivity contribution in [2.75, 3.05) is 0 Å². The summed E-state index contributed by atoms with van der Waals surface area (Å²) in [6, 6.07) is -0.883. The molecule has 1 fully saturated rings. The molecule has 0 aliphatic heterocycles. The Morgan fingerprint density at radius 2 is 1.86 bits per heavy atom. The van der Waals surface area contributed by atoms with Crippen LogP contribution in [0.5, 0.6) is 0 Å². The predicted molar refractivity (Wildman–Crippen MR) is 85.6 cm³/mol. The van der Waals surface area contributed by atoms with Gasteiger partial charge in [-0.3, -0.25) is 0 Å². The molecule has 0 radical (unpaired) electrons. The van der Waals surface area contributed by atoms with Crippen LogP contribution in [-0.4, -0.2) is 29.3 Å². The molecule has 5 heteroatoms. The summed E-state index contributed by atoms with van der Waals surface area (Å²) in [6.45, 7) is 10.3. The van der Waals surface area contributed by atoms with Crippen molar-refractivity contribution in [1.82, 2.24) is 5.32 Å². The number of alkyl carbamates (subject to hydrolysis) is 1. The van der Waals surface area contributed by atoms with Crippen molar-refractivity contribution in [1.29, 1.82) is 0 Å². The predicted octanol–water partition coefficient (Wildman–Crippen LogP) is 3.67. The van der Waals surface area contributed by atoms with Gasteiger partial charge in [-0.25, -0.2) is 9.59 Å². The number of carboxylic acids is 1. The van der Waals surface area contributed by atoms with E-state index in [-0.39, 0.29) is 12.0 Å². The number of hydrogen-bond donors (Lipinski definition) is 2. The molecule has 1 aliphatic rings. The summed E-state index contributed by atoms with van der Waals surface area (Å²) >= 11 is 0. The number of ether oxygens (including phenoxy) is 1. The molecule has 1 saturated carbocycles. The number of carbonyl (C=O) groups is 2. The summed E-state index contributed by atoms with van der Waals surface area (Å²) in [7, 11) is 0. The van der Waals surface area contributed by atoms with Gasteiger partial charge in [0.15, 0.2) is 0 Å². The number of rotatable bonds is 6. The van der Waals surface area contributed by atoms with E-state index >= 15 is 0 Å². The fourth-order valence-electron chi connectivity index (χ4n) is 3.26. The molecule has 1 aliphatic carbocycles. The number of aliphatic carboxylic acids is 1. The number of amides is 1. The van der Waals surface area contributed by atoms with E-state index in [0.717, 1.165) is 19.3 Å². The molecule has 22 heavy (non-hydrogen) atoms. The molecule has 0 spiro atoms. The molecule has 2 N–H and O–H groups in total. The highest BCUT2D eigenvalue weighted by Crippen LogP contribution is 2.35. The molecule has 4 unspecified atom stereocenters. The van der Waals surface area contributed by atoms with Crippen molar-refractivity contribution < 1.29 is 19.4 Å². The Balaban J connectivity index is 2.62. The molecule has 0 bridgehead atoms. The molecule has 0 aromatic heterocycles. The fourth-order valence-corrected chi connectivity index (χ4v) is 3.26. The first-order valence-corrected chi connectivity index (χ1v) is 8.40. The Morgan fingerprint density at radius 3 is 2.36 bits per heavy atom. The summed E-state index contributed by atoms with van der Waals surface area (Å²) in [6.07, 6.45) is 2.77. The highest BCUT2D eigenvalue weighted by Gasteiger charge is 2.34. The molecule has 1 rings (SSSR count). The standard InChI is InChI=1S/C17H31NO4/c1-10(2)8-14(16(19)20)18-17(21)22-15-9-12(5)6-7-13(15)11(3)4/h10-15H,6-9H2,1-5H3,(H,18,21)(H,19,20). The topological polar surface area (TPSA) is 75.6 Å². The quantitative estimate of drug-likeness (QED) is 0.784. The SMILES string of the molecule is CC(C)CC(NC(=O)OC1CC(C)CCC1C(C)C)C(=O)O. The lowest BCUT2D eigenvalue weighted by atomic mass is 9.75. The maximum Gasteiger partial charge on any atom is 0.408 e. The molecule has 0 saturated heterocycles. The number of carbonyl (C=O) groups excluding carboxylic acids is 1. The third-order valence-electron chi connectivity index (χ3n) is 4.52. The summed E-state index contributed by atoms with van der Waals surface area (Å²) in [4.78, 5) is 23.3. The number of carboxylic acid groups (broad SMARTS) is 1. The van der Waals surface area contributed by atoms with Crippen molar-refractivity contribution in [2.24, 2.45) is 23.7 Å². The second-order valence-corrected chi connectivity index (χ2v) is 7.43. The van der Waals surface area contributed by atoms with Crippen molar-refractivity contribution >= 4 is 12.1 Å². The Morgan fingerprint density at radius 1 is 1.23 bits per heavy atom. The van der Waals surface area contributed by atoms with Crippen LogP contribution in [0.3, 0.4) is 0 Å². The number of nitrogens with one attached hydrogen (secondary N) is 1. The lowest BCUT2D eigenvalue weighted by Crippen LogP contribution is -2.45. The maximum absolute atomic E-state index is 12.1. The molecule has 0 aromatic carbocycles. The van der Waals surface area contributed by atoms with E-state index < -0.39 is 18.1 Å². The lowest BCUT2D eigenvalue weighted by molar-refractivity contribution is -0.139. The van der Waals surface area contributed by atoms with Crippen LogP contribution in [0.1, 0.15) is 60.3 Å². The first kappa shape index (κ1) is 18.8. The first-order valence-electron chi connectivity index (χ1n) is 8.40. The summed E-state index contributed by atoms with van der Waals surface area (Å²) in [5.74, 6) is 0.535. The Labute approximate surface area is 133 Å². The Hall–Kier alpha value is -1.26. The van der Waals surface area contributed by atoms with Crippen LogP contribution in [0.25, 0.3) is 0 Å². The van der Waals surface area contributed by atoms with Gasteiger partial charge in [-0.05, 0) is 42.9 Å². The highest BCUT2D eigenvalue weighted by atomic mass is 16.6.